The molecule has 0 atom stereocenters. The lowest BCUT2D eigenvalue weighted by atomic mass is 9.62. The predicted molar refractivity (Wildman–Crippen MR) is 122 cm³/mol. The Morgan fingerprint density at radius 2 is 1.59 bits per heavy atom. The van der Waals surface area contributed by atoms with Crippen molar-refractivity contribution < 1.29 is 0 Å². The van der Waals surface area contributed by atoms with Gasteiger partial charge in [-0.15, -0.1) is 0 Å². The van der Waals surface area contributed by atoms with Gasteiger partial charge in [0.2, 0.25) is 0 Å². The summed E-state index contributed by atoms with van der Waals surface area (Å²) in [7, 11) is 0. The van der Waals surface area contributed by atoms with Crippen LogP contribution in [0.4, 0.5) is 0 Å². The Morgan fingerprint density at radius 3 is 2.15 bits per heavy atom. The van der Waals surface area contributed by atoms with E-state index in [0.717, 1.165) is 12.1 Å². The number of nitrogens with one attached hydrogen (secondary N) is 1. The maximum absolute atomic E-state index is 4.83. The van der Waals surface area contributed by atoms with Crippen LogP contribution in [0.1, 0.15) is 73.9 Å². The summed E-state index contributed by atoms with van der Waals surface area (Å²) < 4.78 is 0. The van der Waals surface area contributed by atoms with E-state index in [4.69, 9.17) is 12.2 Å². The van der Waals surface area contributed by atoms with Crippen LogP contribution in [0.25, 0.3) is 5.57 Å². The molecule has 1 aliphatic carbocycles. The number of hydrogen-bond acceptors (Lipinski definition) is 1. The van der Waals surface area contributed by atoms with Crippen molar-refractivity contribution in [2.75, 3.05) is 0 Å². The van der Waals surface area contributed by atoms with E-state index in [1.54, 1.807) is 5.49 Å². The molecule has 0 aliphatic heterocycles. The monoisotopic (exact) mass is 377 g/mol. The number of benzene rings is 2. The van der Waals surface area contributed by atoms with E-state index in [9.17, 15) is 0 Å². The molecule has 0 spiro atoms. The summed E-state index contributed by atoms with van der Waals surface area (Å²) >= 11 is 4.83. The van der Waals surface area contributed by atoms with E-state index in [2.05, 4.69) is 82.9 Å². The average Bonchev–Trinajstić information content (AvgIpc) is 2.63. The Kier molecular flexibility index (Phi) is 5.31. The maximum atomic E-state index is 4.83. The molecule has 2 aromatic carbocycles. The van der Waals surface area contributed by atoms with Crippen LogP contribution in [0.5, 0.6) is 0 Å². The first-order chi connectivity index (χ1) is 12.7. The third-order valence-electron chi connectivity index (χ3n) is 6.21. The first kappa shape index (κ1) is 19.8. The molecule has 0 heterocycles. The second-order valence-electron chi connectivity index (χ2n) is 9.15. The van der Waals surface area contributed by atoms with Crippen LogP contribution in [-0.4, -0.2) is 5.49 Å². The summed E-state index contributed by atoms with van der Waals surface area (Å²) in [6.07, 6.45) is 2.47. The second kappa shape index (κ2) is 7.24. The molecule has 0 saturated heterocycles. The highest BCUT2D eigenvalue weighted by Gasteiger charge is 2.37. The molecule has 0 radical (unpaired) electrons. The quantitative estimate of drug-likeness (QED) is 0.601. The summed E-state index contributed by atoms with van der Waals surface area (Å²) in [5.41, 5.74) is 11.1. The largest absolute Gasteiger partial charge is 0.378 e. The van der Waals surface area contributed by atoms with Gasteiger partial charge >= 0.3 is 0 Å². The van der Waals surface area contributed by atoms with Crippen molar-refractivity contribution in [1.29, 1.82) is 0 Å². The van der Waals surface area contributed by atoms with Crippen molar-refractivity contribution >= 4 is 23.3 Å². The fraction of sp³-hybridized carbons (Fsp3) is 0.400. The number of fused-ring (bicyclic) bond motifs is 1. The Bertz CT molecular complexity index is 872. The van der Waals surface area contributed by atoms with Crippen LogP contribution in [0.3, 0.4) is 0 Å². The molecule has 0 unspecified atom stereocenters. The van der Waals surface area contributed by atoms with E-state index < -0.39 is 0 Å². The van der Waals surface area contributed by atoms with Gasteiger partial charge in [-0.2, -0.15) is 0 Å². The maximum Gasteiger partial charge on any atom is 0.0617 e. The number of aryl methyl sites for hydroxylation is 1. The minimum absolute atomic E-state index is 0.212. The standard InChI is InChI=1S/C25H31NS/c1-17-13-22-23(25(5,6)12-11-24(22,3)4)14-21(17)18(2)20-9-7-19(8-10-20)15-26-16-27/h7-10,13-14,16H,2,11-12,15H2,1,3-6H3,(H,26,27). The van der Waals surface area contributed by atoms with Crippen LogP contribution in [0, 0.1) is 6.92 Å². The summed E-state index contributed by atoms with van der Waals surface area (Å²) in [6.45, 7) is 16.9. The zero-order valence-electron chi connectivity index (χ0n) is 17.3. The number of hydrogen-bond donors (Lipinski definition) is 1. The van der Waals surface area contributed by atoms with Crippen molar-refractivity contribution in [3.05, 3.63) is 76.4 Å². The van der Waals surface area contributed by atoms with Gasteiger partial charge in [0.1, 0.15) is 0 Å². The van der Waals surface area contributed by atoms with E-state index in [1.807, 2.05) is 0 Å². The Balaban J connectivity index is 2.00. The van der Waals surface area contributed by atoms with Crippen LogP contribution in [-0.2, 0) is 17.4 Å². The van der Waals surface area contributed by atoms with Crippen molar-refractivity contribution in [3.8, 4) is 0 Å². The van der Waals surface area contributed by atoms with Gasteiger partial charge < -0.3 is 5.32 Å². The van der Waals surface area contributed by atoms with Crippen molar-refractivity contribution in [1.82, 2.24) is 5.32 Å². The van der Waals surface area contributed by atoms with Gasteiger partial charge in [-0.25, -0.2) is 0 Å². The fourth-order valence-electron chi connectivity index (χ4n) is 4.19. The summed E-state index contributed by atoms with van der Waals surface area (Å²) in [6, 6.07) is 13.4. The molecule has 1 N–H and O–H groups in total. The van der Waals surface area contributed by atoms with Gasteiger partial charge in [-0.3, -0.25) is 0 Å². The molecule has 0 bridgehead atoms. The highest BCUT2D eigenvalue weighted by atomic mass is 32.1. The summed E-state index contributed by atoms with van der Waals surface area (Å²) in [4.78, 5) is 0. The lowest BCUT2D eigenvalue weighted by Crippen LogP contribution is -2.34. The SMILES string of the molecule is C=C(c1ccc(CNC=S)cc1)c1cc2c(cc1C)C(C)(C)CCC2(C)C. The van der Waals surface area contributed by atoms with Gasteiger partial charge in [0.15, 0.2) is 0 Å². The normalized spacial score (nSPS) is 17.1. The van der Waals surface area contributed by atoms with Gasteiger partial charge in [-0.05, 0) is 69.5 Å². The lowest BCUT2D eigenvalue weighted by molar-refractivity contribution is 0.331. The topological polar surface area (TPSA) is 12.0 Å². The smallest absolute Gasteiger partial charge is 0.0617 e. The zero-order valence-corrected chi connectivity index (χ0v) is 18.1. The number of thiocarbonyl (C=S) groups is 1. The second-order valence-corrected chi connectivity index (χ2v) is 9.39. The molecule has 3 rings (SSSR count). The first-order valence-corrected chi connectivity index (χ1v) is 10.2. The average molecular weight is 378 g/mol. The molecule has 1 aliphatic rings. The molecule has 2 heteroatoms. The first-order valence-electron chi connectivity index (χ1n) is 9.77. The molecular weight excluding hydrogens is 346 g/mol. The molecule has 0 fully saturated rings. The molecule has 0 amide bonds. The molecule has 1 nitrogen and oxygen atoms in total. The van der Waals surface area contributed by atoms with Crippen LogP contribution < -0.4 is 5.32 Å². The molecule has 142 valence electrons. The third kappa shape index (κ3) is 3.87. The molecule has 0 aromatic heterocycles. The summed E-state index contributed by atoms with van der Waals surface area (Å²) in [5.74, 6) is 0. The highest BCUT2D eigenvalue weighted by molar-refractivity contribution is 7.78. The van der Waals surface area contributed by atoms with Gasteiger partial charge in [-0.1, -0.05) is 82.9 Å². The van der Waals surface area contributed by atoms with E-state index in [0.29, 0.717) is 0 Å². The van der Waals surface area contributed by atoms with Crippen molar-refractivity contribution in [2.45, 2.75) is 64.8 Å². The minimum atomic E-state index is 0.212. The van der Waals surface area contributed by atoms with Gasteiger partial charge in [0, 0.05) is 6.54 Å². The van der Waals surface area contributed by atoms with Crippen LogP contribution in [0.15, 0.2) is 43.0 Å². The highest BCUT2D eigenvalue weighted by Crippen LogP contribution is 2.47. The Labute approximate surface area is 169 Å². The molecule has 27 heavy (non-hydrogen) atoms. The fourth-order valence-corrected chi connectivity index (χ4v) is 4.27. The zero-order chi connectivity index (χ0) is 19.8. The van der Waals surface area contributed by atoms with E-state index in [1.165, 1.54) is 46.2 Å². The van der Waals surface area contributed by atoms with Gasteiger partial charge in [0.25, 0.3) is 0 Å². The predicted octanol–water partition coefficient (Wildman–Crippen LogP) is 6.45. The Hall–Kier alpha value is -1.93. The molecule has 2 aromatic rings. The molecule has 0 saturated carbocycles. The van der Waals surface area contributed by atoms with Crippen molar-refractivity contribution in [2.24, 2.45) is 0 Å². The minimum Gasteiger partial charge on any atom is -0.378 e. The summed E-state index contributed by atoms with van der Waals surface area (Å²) in [5, 5.41) is 3.07. The third-order valence-corrected chi connectivity index (χ3v) is 6.38. The van der Waals surface area contributed by atoms with Gasteiger partial charge in [0.05, 0.1) is 5.49 Å². The molecular formula is C25H31NS. The van der Waals surface area contributed by atoms with E-state index in [-0.39, 0.29) is 10.8 Å². The van der Waals surface area contributed by atoms with Crippen molar-refractivity contribution in [3.63, 3.8) is 0 Å². The Morgan fingerprint density at radius 1 is 1.04 bits per heavy atom. The van der Waals surface area contributed by atoms with Crippen LogP contribution in [0.2, 0.25) is 0 Å². The lowest BCUT2D eigenvalue weighted by Gasteiger charge is -2.42. The van der Waals surface area contributed by atoms with Crippen LogP contribution >= 0.6 is 12.2 Å². The number of rotatable bonds is 5. The van der Waals surface area contributed by atoms with E-state index >= 15 is 0 Å².